The van der Waals surface area contributed by atoms with Gasteiger partial charge in [0.1, 0.15) is 21.7 Å². The van der Waals surface area contributed by atoms with Gasteiger partial charge in [0.25, 0.3) is 0 Å². The molecule has 4 heterocycles. The number of hydrogen-bond donors (Lipinski definition) is 0. The van der Waals surface area contributed by atoms with Crippen molar-refractivity contribution in [1.29, 1.82) is 0 Å². The van der Waals surface area contributed by atoms with Crippen molar-refractivity contribution in [1.82, 2.24) is 15.0 Å². The number of pyridine rings is 1. The first kappa shape index (κ1) is 15.3. The molecule has 0 unspecified atom stereocenters. The third-order valence-corrected chi connectivity index (χ3v) is 6.58. The molecule has 0 aromatic carbocycles. The predicted molar refractivity (Wildman–Crippen MR) is 102 cm³/mol. The van der Waals surface area contributed by atoms with Gasteiger partial charge in [0.15, 0.2) is 0 Å². The summed E-state index contributed by atoms with van der Waals surface area (Å²) in [7, 11) is 1.67. The first-order valence-corrected chi connectivity index (χ1v) is 10.1. The number of fused-ring (bicyclic) bond motifs is 5. The predicted octanol–water partition coefficient (Wildman–Crippen LogP) is 4.12. The molecule has 0 radical (unpaired) electrons. The molecule has 3 aromatic rings. The maximum absolute atomic E-state index is 5.47. The minimum atomic E-state index is 0.664. The quantitative estimate of drug-likeness (QED) is 0.693. The number of methoxy groups -OCH3 is 1. The lowest BCUT2D eigenvalue weighted by Gasteiger charge is -2.31. The van der Waals surface area contributed by atoms with E-state index in [1.165, 1.54) is 54.4 Å². The third-order valence-electron chi connectivity index (χ3n) is 5.52. The number of nitrogens with zero attached hydrogens (tertiary/aromatic N) is 4. The molecule has 0 saturated carbocycles. The van der Waals surface area contributed by atoms with Gasteiger partial charge in [-0.05, 0) is 56.1 Å². The summed E-state index contributed by atoms with van der Waals surface area (Å²) in [6, 6.07) is 0. The van der Waals surface area contributed by atoms with Gasteiger partial charge in [-0.25, -0.2) is 15.0 Å². The molecule has 1 aliphatic heterocycles. The Hall–Kier alpha value is -1.95. The van der Waals surface area contributed by atoms with Crippen molar-refractivity contribution in [3.63, 3.8) is 0 Å². The minimum absolute atomic E-state index is 0.664. The van der Waals surface area contributed by atoms with Crippen molar-refractivity contribution in [2.45, 2.75) is 44.9 Å². The van der Waals surface area contributed by atoms with E-state index < -0.39 is 0 Å². The molecule has 0 bridgehead atoms. The van der Waals surface area contributed by atoms with E-state index in [0.717, 1.165) is 41.0 Å². The average Bonchev–Trinajstić information content (AvgIpc) is 3.07. The van der Waals surface area contributed by atoms with Crippen LogP contribution in [0.1, 0.15) is 43.2 Å². The fraction of sp³-hybridized carbons (Fsp3) is 0.526. The molecule has 1 fully saturated rings. The summed E-state index contributed by atoms with van der Waals surface area (Å²) < 4.78 is 6.49. The summed E-state index contributed by atoms with van der Waals surface area (Å²) in [5.74, 6) is 1.90. The van der Waals surface area contributed by atoms with E-state index in [2.05, 4.69) is 14.9 Å². The van der Waals surface area contributed by atoms with Crippen LogP contribution >= 0.6 is 11.3 Å². The number of rotatable bonds is 2. The molecule has 2 aliphatic rings. The summed E-state index contributed by atoms with van der Waals surface area (Å²) in [5, 5.41) is 1.25. The van der Waals surface area contributed by atoms with E-state index in [0.29, 0.717) is 5.88 Å². The van der Waals surface area contributed by atoms with Gasteiger partial charge in [-0.15, -0.1) is 11.3 Å². The number of aryl methyl sites for hydroxylation is 1. The molecule has 25 heavy (non-hydrogen) atoms. The van der Waals surface area contributed by atoms with Gasteiger partial charge in [0.05, 0.1) is 12.6 Å². The molecular weight excluding hydrogens is 332 g/mol. The van der Waals surface area contributed by atoms with Gasteiger partial charge < -0.3 is 9.64 Å². The van der Waals surface area contributed by atoms with E-state index in [9.17, 15) is 0 Å². The van der Waals surface area contributed by atoms with Crippen LogP contribution in [0.25, 0.3) is 20.4 Å². The molecule has 1 aliphatic carbocycles. The Labute approximate surface area is 151 Å². The second kappa shape index (κ2) is 6.09. The van der Waals surface area contributed by atoms with Crippen LogP contribution in [0.5, 0.6) is 5.88 Å². The van der Waals surface area contributed by atoms with Crippen LogP contribution in [-0.2, 0) is 12.8 Å². The molecule has 130 valence electrons. The zero-order valence-electron chi connectivity index (χ0n) is 14.5. The zero-order valence-corrected chi connectivity index (χ0v) is 15.4. The zero-order chi connectivity index (χ0) is 16.8. The number of piperidine rings is 1. The van der Waals surface area contributed by atoms with Crippen LogP contribution in [0.3, 0.4) is 0 Å². The van der Waals surface area contributed by atoms with Crippen molar-refractivity contribution in [2.24, 2.45) is 0 Å². The van der Waals surface area contributed by atoms with Crippen molar-refractivity contribution < 1.29 is 4.74 Å². The van der Waals surface area contributed by atoms with Crippen LogP contribution in [0, 0.1) is 0 Å². The molecule has 0 N–H and O–H groups in total. The normalized spacial score (nSPS) is 17.9. The average molecular weight is 354 g/mol. The lowest BCUT2D eigenvalue weighted by molar-refractivity contribution is 0.403. The molecule has 1 saturated heterocycles. The van der Waals surface area contributed by atoms with E-state index in [4.69, 9.17) is 9.72 Å². The summed E-state index contributed by atoms with van der Waals surface area (Å²) in [6.45, 7) is 2.28. The summed E-state index contributed by atoms with van der Waals surface area (Å²) in [4.78, 5) is 17.6. The van der Waals surface area contributed by atoms with Gasteiger partial charge in [0.2, 0.25) is 5.88 Å². The molecule has 0 amide bonds. The Bertz CT molecular complexity index is 946. The van der Waals surface area contributed by atoms with Gasteiger partial charge in [-0.2, -0.15) is 0 Å². The van der Waals surface area contributed by atoms with Gasteiger partial charge in [0, 0.05) is 18.5 Å². The smallest absolute Gasteiger partial charge is 0.234 e. The van der Waals surface area contributed by atoms with Crippen molar-refractivity contribution in [3.05, 3.63) is 17.5 Å². The van der Waals surface area contributed by atoms with Crippen LogP contribution < -0.4 is 9.64 Å². The third kappa shape index (κ3) is 2.38. The Morgan fingerprint density at radius 3 is 2.60 bits per heavy atom. The Kier molecular flexibility index (Phi) is 3.73. The Morgan fingerprint density at radius 1 is 1.00 bits per heavy atom. The van der Waals surface area contributed by atoms with Crippen LogP contribution in [0.4, 0.5) is 5.82 Å². The molecule has 0 spiro atoms. The Morgan fingerprint density at radius 2 is 1.80 bits per heavy atom. The lowest BCUT2D eigenvalue weighted by atomic mass is 9.89. The number of hydrogen-bond acceptors (Lipinski definition) is 6. The highest BCUT2D eigenvalue weighted by atomic mass is 32.1. The van der Waals surface area contributed by atoms with E-state index in [1.54, 1.807) is 24.8 Å². The summed E-state index contributed by atoms with van der Waals surface area (Å²) >= 11 is 1.68. The number of aromatic nitrogens is 3. The van der Waals surface area contributed by atoms with Crippen LogP contribution in [0.2, 0.25) is 0 Å². The van der Waals surface area contributed by atoms with Crippen molar-refractivity contribution >= 4 is 37.6 Å². The van der Waals surface area contributed by atoms with Crippen molar-refractivity contribution in [2.75, 3.05) is 25.1 Å². The fourth-order valence-electron chi connectivity index (χ4n) is 4.33. The molecule has 5 nitrogen and oxygen atoms in total. The summed E-state index contributed by atoms with van der Waals surface area (Å²) in [5.41, 5.74) is 3.96. The highest BCUT2D eigenvalue weighted by Gasteiger charge is 2.26. The monoisotopic (exact) mass is 354 g/mol. The molecule has 6 heteroatoms. The van der Waals surface area contributed by atoms with Crippen molar-refractivity contribution in [3.8, 4) is 5.88 Å². The SMILES string of the molecule is COc1ncnc2c1sc1nc(N3CCCCC3)c3c(c12)CCCC3. The standard InChI is InChI=1S/C19H22N4OS/c1-24-18-16-15(20-11-21-18)14-12-7-3-4-8-13(12)17(22-19(14)25-16)23-9-5-2-6-10-23/h11H,2-10H2,1H3. The molecular formula is C19H22N4OS. The van der Waals surface area contributed by atoms with Gasteiger partial charge in [-0.1, -0.05) is 0 Å². The van der Waals surface area contributed by atoms with Crippen LogP contribution in [-0.4, -0.2) is 35.2 Å². The maximum atomic E-state index is 5.47. The molecule has 5 rings (SSSR count). The Balaban J connectivity index is 1.80. The highest BCUT2D eigenvalue weighted by molar-refractivity contribution is 7.25. The largest absolute Gasteiger partial charge is 0.480 e. The van der Waals surface area contributed by atoms with E-state index in [-0.39, 0.29) is 0 Å². The minimum Gasteiger partial charge on any atom is -0.480 e. The first-order chi connectivity index (χ1) is 12.4. The number of anilines is 1. The van der Waals surface area contributed by atoms with Gasteiger partial charge >= 0.3 is 0 Å². The second-order valence-corrected chi connectivity index (χ2v) is 7.99. The number of thiophene rings is 1. The first-order valence-electron chi connectivity index (χ1n) is 9.24. The molecule has 3 aromatic heterocycles. The van der Waals surface area contributed by atoms with Crippen LogP contribution in [0.15, 0.2) is 6.33 Å². The lowest BCUT2D eigenvalue weighted by Crippen LogP contribution is -2.31. The maximum Gasteiger partial charge on any atom is 0.234 e. The van der Waals surface area contributed by atoms with E-state index in [1.807, 2.05) is 0 Å². The number of ether oxygens (including phenoxy) is 1. The topological polar surface area (TPSA) is 51.1 Å². The second-order valence-electron chi connectivity index (χ2n) is 6.99. The van der Waals surface area contributed by atoms with E-state index >= 15 is 0 Å². The van der Waals surface area contributed by atoms with Gasteiger partial charge in [-0.3, -0.25) is 0 Å². The highest BCUT2D eigenvalue weighted by Crippen LogP contribution is 2.43. The molecule has 0 atom stereocenters. The fourth-order valence-corrected chi connectivity index (χ4v) is 5.45. The summed E-state index contributed by atoms with van der Waals surface area (Å²) in [6.07, 6.45) is 10.3.